The number of ether oxygens (including phenoxy) is 1. The van der Waals surface area contributed by atoms with Gasteiger partial charge >= 0.3 is 5.97 Å². The van der Waals surface area contributed by atoms with Gasteiger partial charge in [-0.2, -0.15) is 0 Å². The van der Waals surface area contributed by atoms with Crippen LogP contribution in [-0.4, -0.2) is 13.1 Å². The number of carbonyl (C=O) groups excluding carboxylic acids is 1. The standard InChI is InChI=1S/C9H14O2/c1-11-9(10)8-6-2-3-7(8)5-4-6/h6-8H,2-5H2,1H3. The molecule has 0 aliphatic heterocycles. The Kier molecular flexibility index (Phi) is 1.63. The molecule has 2 fully saturated rings. The fraction of sp³-hybridized carbons (Fsp3) is 0.889. The Hall–Kier alpha value is -0.530. The van der Waals surface area contributed by atoms with Crippen LogP contribution in [0.5, 0.6) is 0 Å². The summed E-state index contributed by atoms with van der Waals surface area (Å²) in [4.78, 5) is 11.3. The SMILES string of the molecule is COC(=O)C1C2CCC1CC2. The Labute approximate surface area is 66.9 Å². The van der Waals surface area contributed by atoms with Gasteiger partial charge in [-0.15, -0.1) is 0 Å². The highest BCUT2D eigenvalue weighted by Gasteiger charge is 2.46. The molecule has 2 aliphatic carbocycles. The number of carbonyl (C=O) groups is 1. The molecule has 62 valence electrons. The summed E-state index contributed by atoms with van der Waals surface area (Å²) in [6.07, 6.45) is 5.02. The van der Waals surface area contributed by atoms with E-state index in [-0.39, 0.29) is 11.9 Å². The van der Waals surface area contributed by atoms with Crippen molar-refractivity contribution in [1.29, 1.82) is 0 Å². The minimum atomic E-state index is 0.0370. The first kappa shape index (κ1) is 7.14. The second kappa shape index (κ2) is 2.50. The molecule has 0 aromatic heterocycles. The Morgan fingerprint density at radius 1 is 1.18 bits per heavy atom. The maximum absolute atomic E-state index is 11.3. The first-order valence-electron chi connectivity index (χ1n) is 4.40. The zero-order valence-corrected chi connectivity index (χ0v) is 6.88. The van der Waals surface area contributed by atoms with Crippen molar-refractivity contribution in [2.24, 2.45) is 17.8 Å². The van der Waals surface area contributed by atoms with Crippen LogP contribution in [-0.2, 0) is 9.53 Å². The lowest BCUT2D eigenvalue weighted by atomic mass is 9.98. The largest absolute Gasteiger partial charge is 0.469 e. The van der Waals surface area contributed by atoms with Gasteiger partial charge in [0.25, 0.3) is 0 Å². The van der Waals surface area contributed by atoms with E-state index >= 15 is 0 Å². The fourth-order valence-electron chi connectivity index (χ4n) is 2.77. The van der Waals surface area contributed by atoms with Crippen molar-refractivity contribution in [1.82, 2.24) is 0 Å². The van der Waals surface area contributed by atoms with E-state index in [1.54, 1.807) is 0 Å². The van der Waals surface area contributed by atoms with Crippen molar-refractivity contribution in [2.75, 3.05) is 7.11 Å². The van der Waals surface area contributed by atoms with Gasteiger partial charge in [0.2, 0.25) is 0 Å². The second-order valence-electron chi connectivity index (χ2n) is 3.72. The Morgan fingerprint density at radius 3 is 2.00 bits per heavy atom. The highest BCUT2D eigenvalue weighted by molar-refractivity contribution is 5.73. The molecule has 2 saturated carbocycles. The fourth-order valence-corrected chi connectivity index (χ4v) is 2.77. The van der Waals surface area contributed by atoms with Crippen LogP contribution in [0.15, 0.2) is 0 Å². The van der Waals surface area contributed by atoms with Gasteiger partial charge in [-0.05, 0) is 37.5 Å². The van der Waals surface area contributed by atoms with E-state index in [4.69, 9.17) is 4.74 Å². The first-order valence-corrected chi connectivity index (χ1v) is 4.40. The van der Waals surface area contributed by atoms with E-state index in [1.165, 1.54) is 32.8 Å². The van der Waals surface area contributed by atoms with Crippen molar-refractivity contribution in [3.63, 3.8) is 0 Å². The average molecular weight is 154 g/mol. The molecule has 0 aromatic rings. The maximum Gasteiger partial charge on any atom is 0.309 e. The first-order chi connectivity index (χ1) is 5.33. The molecule has 0 saturated heterocycles. The van der Waals surface area contributed by atoms with E-state index in [2.05, 4.69) is 0 Å². The molecule has 0 radical (unpaired) electrons. The van der Waals surface area contributed by atoms with Crippen molar-refractivity contribution >= 4 is 5.97 Å². The Bertz CT molecular complexity index is 156. The number of methoxy groups -OCH3 is 1. The third-order valence-corrected chi connectivity index (χ3v) is 3.31. The monoisotopic (exact) mass is 154 g/mol. The van der Waals surface area contributed by atoms with Gasteiger partial charge in [0, 0.05) is 0 Å². The zero-order chi connectivity index (χ0) is 7.84. The predicted molar refractivity (Wildman–Crippen MR) is 41.0 cm³/mol. The van der Waals surface area contributed by atoms with Gasteiger partial charge in [-0.1, -0.05) is 0 Å². The average Bonchev–Trinajstić information content (AvgIpc) is 2.61. The Morgan fingerprint density at radius 2 is 1.64 bits per heavy atom. The summed E-state index contributed by atoms with van der Waals surface area (Å²) in [5, 5.41) is 0. The molecule has 0 N–H and O–H groups in total. The Balaban J connectivity index is 2.09. The van der Waals surface area contributed by atoms with E-state index in [0.717, 1.165) is 0 Å². The number of esters is 1. The van der Waals surface area contributed by atoms with Gasteiger partial charge in [-0.3, -0.25) is 4.79 Å². The van der Waals surface area contributed by atoms with E-state index in [1.807, 2.05) is 0 Å². The summed E-state index contributed by atoms with van der Waals surface area (Å²) in [7, 11) is 1.50. The molecule has 0 spiro atoms. The second-order valence-corrected chi connectivity index (χ2v) is 3.72. The smallest absolute Gasteiger partial charge is 0.309 e. The molecule has 2 rings (SSSR count). The molecule has 11 heavy (non-hydrogen) atoms. The molecule has 2 aliphatic rings. The summed E-state index contributed by atoms with van der Waals surface area (Å²) in [5.41, 5.74) is 0. The quantitative estimate of drug-likeness (QED) is 0.536. The summed E-state index contributed by atoms with van der Waals surface area (Å²) < 4.78 is 4.78. The minimum absolute atomic E-state index is 0.0370. The zero-order valence-electron chi connectivity index (χ0n) is 6.88. The van der Waals surface area contributed by atoms with Crippen LogP contribution in [0.25, 0.3) is 0 Å². The molecule has 0 atom stereocenters. The molecular weight excluding hydrogens is 140 g/mol. The highest BCUT2D eigenvalue weighted by Crippen LogP contribution is 2.49. The summed E-state index contributed by atoms with van der Waals surface area (Å²) in [5.74, 6) is 1.62. The molecule has 2 nitrogen and oxygen atoms in total. The van der Waals surface area contributed by atoms with E-state index in [9.17, 15) is 4.79 Å². The molecule has 0 heterocycles. The van der Waals surface area contributed by atoms with Crippen molar-refractivity contribution in [2.45, 2.75) is 25.7 Å². The van der Waals surface area contributed by atoms with Crippen LogP contribution in [0.4, 0.5) is 0 Å². The predicted octanol–water partition coefficient (Wildman–Crippen LogP) is 1.60. The number of fused-ring (bicyclic) bond motifs is 2. The van der Waals surface area contributed by atoms with Gasteiger partial charge < -0.3 is 4.74 Å². The number of hydrogen-bond donors (Lipinski definition) is 0. The molecule has 0 amide bonds. The van der Waals surface area contributed by atoms with Crippen molar-refractivity contribution in [3.05, 3.63) is 0 Å². The normalized spacial score (nSPS) is 41.0. The third-order valence-electron chi connectivity index (χ3n) is 3.31. The molecule has 0 unspecified atom stereocenters. The van der Waals surface area contributed by atoms with Gasteiger partial charge in [0.05, 0.1) is 13.0 Å². The number of rotatable bonds is 1. The highest BCUT2D eigenvalue weighted by atomic mass is 16.5. The van der Waals surface area contributed by atoms with Crippen LogP contribution >= 0.6 is 0 Å². The minimum Gasteiger partial charge on any atom is -0.469 e. The lowest BCUT2D eigenvalue weighted by Crippen LogP contribution is -2.20. The van der Waals surface area contributed by atoms with Gasteiger partial charge in [-0.25, -0.2) is 0 Å². The summed E-state index contributed by atoms with van der Waals surface area (Å²) in [6.45, 7) is 0. The van der Waals surface area contributed by atoms with E-state index < -0.39 is 0 Å². The van der Waals surface area contributed by atoms with Crippen LogP contribution < -0.4 is 0 Å². The van der Waals surface area contributed by atoms with Crippen LogP contribution in [0, 0.1) is 17.8 Å². The lowest BCUT2D eigenvalue weighted by Gasteiger charge is -2.11. The molecule has 2 bridgehead atoms. The molecule has 0 aromatic carbocycles. The topological polar surface area (TPSA) is 26.3 Å². The lowest BCUT2D eigenvalue weighted by molar-refractivity contribution is -0.147. The van der Waals surface area contributed by atoms with Crippen LogP contribution in [0.1, 0.15) is 25.7 Å². The molecule has 2 heteroatoms. The van der Waals surface area contributed by atoms with Gasteiger partial charge in [0.1, 0.15) is 0 Å². The maximum atomic E-state index is 11.3. The summed E-state index contributed by atoms with van der Waals surface area (Å²) >= 11 is 0. The van der Waals surface area contributed by atoms with Gasteiger partial charge in [0.15, 0.2) is 0 Å². The molecular formula is C9H14O2. The number of hydrogen-bond acceptors (Lipinski definition) is 2. The van der Waals surface area contributed by atoms with E-state index in [0.29, 0.717) is 11.8 Å². The summed E-state index contributed by atoms with van der Waals surface area (Å²) in [6, 6.07) is 0. The van der Waals surface area contributed by atoms with Crippen molar-refractivity contribution in [3.8, 4) is 0 Å². The van der Waals surface area contributed by atoms with Crippen LogP contribution in [0.3, 0.4) is 0 Å². The van der Waals surface area contributed by atoms with Crippen molar-refractivity contribution < 1.29 is 9.53 Å². The third kappa shape index (κ3) is 0.959. The van der Waals surface area contributed by atoms with Crippen LogP contribution in [0.2, 0.25) is 0 Å².